The Balaban J connectivity index is 2.21. The molecule has 3 nitrogen and oxygen atoms in total. The van der Waals surface area contributed by atoms with E-state index in [-0.39, 0.29) is 6.04 Å². The van der Waals surface area contributed by atoms with Crippen LogP contribution < -0.4 is 10.1 Å². The first-order valence-corrected chi connectivity index (χ1v) is 6.04. The van der Waals surface area contributed by atoms with Crippen LogP contribution in [0.15, 0.2) is 48.8 Å². The molecule has 0 aliphatic rings. The molecule has 1 heterocycles. The number of nitrogens with zero attached hydrogens (tertiary/aromatic N) is 1. The third kappa shape index (κ3) is 2.87. The van der Waals surface area contributed by atoms with Crippen molar-refractivity contribution in [2.24, 2.45) is 0 Å². The van der Waals surface area contributed by atoms with Gasteiger partial charge in [0, 0.05) is 18.4 Å². The van der Waals surface area contributed by atoms with Crippen molar-refractivity contribution in [2.75, 3.05) is 14.2 Å². The van der Waals surface area contributed by atoms with Crippen LogP contribution in [0, 0.1) is 0 Å². The average molecular weight is 242 g/mol. The molecule has 0 radical (unpaired) electrons. The Bertz CT molecular complexity index is 485. The second-order valence-electron chi connectivity index (χ2n) is 4.14. The van der Waals surface area contributed by atoms with Gasteiger partial charge in [-0.05, 0) is 36.7 Å². The second kappa shape index (κ2) is 6.17. The molecule has 1 aromatic carbocycles. The summed E-state index contributed by atoms with van der Waals surface area (Å²) in [5.41, 5.74) is 2.38. The highest BCUT2D eigenvalue weighted by atomic mass is 16.5. The van der Waals surface area contributed by atoms with E-state index >= 15 is 0 Å². The van der Waals surface area contributed by atoms with Gasteiger partial charge in [0.25, 0.3) is 0 Å². The molecule has 0 aliphatic carbocycles. The van der Waals surface area contributed by atoms with Gasteiger partial charge in [-0.15, -0.1) is 0 Å². The molecule has 2 rings (SSSR count). The van der Waals surface area contributed by atoms with Crippen LogP contribution in [-0.4, -0.2) is 19.1 Å². The summed E-state index contributed by atoms with van der Waals surface area (Å²) in [5.74, 6) is 0.932. The van der Waals surface area contributed by atoms with E-state index in [2.05, 4.69) is 22.4 Å². The Kier molecular flexibility index (Phi) is 4.31. The molecule has 2 aromatic rings. The first-order valence-electron chi connectivity index (χ1n) is 6.04. The molecule has 0 bridgehead atoms. The summed E-state index contributed by atoms with van der Waals surface area (Å²) in [4.78, 5) is 4.17. The van der Waals surface area contributed by atoms with Gasteiger partial charge in [0.05, 0.1) is 7.11 Å². The minimum Gasteiger partial charge on any atom is -0.496 e. The Labute approximate surface area is 108 Å². The van der Waals surface area contributed by atoms with Crippen molar-refractivity contribution in [3.8, 4) is 5.75 Å². The van der Waals surface area contributed by atoms with Gasteiger partial charge in [0.2, 0.25) is 0 Å². The summed E-state index contributed by atoms with van der Waals surface area (Å²) in [7, 11) is 3.67. The summed E-state index contributed by atoms with van der Waals surface area (Å²) in [5, 5.41) is 3.32. The zero-order valence-electron chi connectivity index (χ0n) is 10.8. The van der Waals surface area contributed by atoms with E-state index in [0.29, 0.717) is 0 Å². The molecular weight excluding hydrogens is 224 g/mol. The van der Waals surface area contributed by atoms with Gasteiger partial charge in [-0.25, -0.2) is 0 Å². The molecule has 3 heteroatoms. The highest BCUT2D eigenvalue weighted by Crippen LogP contribution is 2.24. The van der Waals surface area contributed by atoms with Crippen LogP contribution in [0.25, 0.3) is 0 Å². The fourth-order valence-electron chi connectivity index (χ4n) is 2.06. The zero-order chi connectivity index (χ0) is 12.8. The topological polar surface area (TPSA) is 34.1 Å². The third-order valence-electron chi connectivity index (χ3n) is 3.05. The van der Waals surface area contributed by atoms with Crippen LogP contribution in [0.3, 0.4) is 0 Å². The number of likely N-dealkylation sites (N-methyl/N-ethyl adjacent to an activating group) is 1. The van der Waals surface area contributed by atoms with Crippen molar-refractivity contribution in [1.82, 2.24) is 10.3 Å². The van der Waals surface area contributed by atoms with Crippen molar-refractivity contribution in [3.63, 3.8) is 0 Å². The van der Waals surface area contributed by atoms with Crippen LogP contribution in [0.4, 0.5) is 0 Å². The number of ether oxygens (including phenoxy) is 1. The van der Waals surface area contributed by atoms with E-state index in [0.717, 1.165) is 12.2 Å². The molecule has 1 aromatic heterocycles. The number of hydrogen-bond donors (Lipinski definition) is 1. The normalized spacial score (nSPS) is 12.1. The molecular formula is C15H18N2O. The summed E-state index contributed by atoms with van der Waals surface area (Å²) in [6.45, 7) is 0. The Morgan fingerprint density at radius 2 is 2.06 bits per heavy atom. The van der Waals surface area contributed by atoms with Gasteiger partial charge in [-0.1, -0.05) is 24.3 Å². The van der Waals surface area contributed by atoms with Crippen LogP contribution in [0.1, 0.15) is 17.2 Å². The molecule has 0 spiro atoms. The molecule has 0 saturated carbocycles. The lowest BCUT2D eigenvalue weighted by Gasteiger charge is -2.17. The molecule has 1 atom stereocenters. The van der Waals surface area contributed by atoms with Crippen LogP contribution >= 0.6 is 0 Å². The predicted molar refractivity (Wildman–Crippen MR) is 72.7 cm³/mol. The molecule has 0 fully saturated rings. The molecule has 94 valence electrons. The number of hydrogen-bond acceptors (Lipinski definition) is 3. The quantitative estimate of drug-likeness (QED) is 0.875. The largest absolute Gasteiger partial charge is 0.496 e. The summed E-state index contributed by atoms with van der Waals surface area (Å²) in [6, 6.07) is 12.4. The predicted octanol–water partition coefficient (Wildman–Crippen LogP) is 2.59. The van der Waals surface area contributed by atoms with Crippen LogP contribution in [0.2, 0.25) is 0 Å². The standard InChI is InChI=1S/C15H18N2O/c1-16-14(13-7-5-9-17-11-13)10-12-6-3-4-8-15(12)18-2/h3-9,11,14,16H,10H2,1-2H3. The van der Waals surface area contributed by atoms with Gasteiger partial charge in [-0.3, -0.25) is 4.98 Å². The van der Waals surface area contributed by atoms with Gasteiger partial charge < -0.3 is 10.1 Å². The van der Waals surface area contributed by atoms with E-state index in [9.17, 15) is 0 Å². The minimum atomic E-state index is 0.245. The number of aromatic nitrogens is 1. The molecule has 18 heavy (non-hydrogen) atoms. The fraction of sp³-hybridized carbons (Fsp3) is 0.267. The Morgan fingerprint density at radius 3 is 2.72 bits per heavy atom. The summed E-state index contributed by atoms with van der Waals surface area (Å²) < 4.78 is 5.38. The molecule has 1 unspecified atom stereocenters. The number of benzene rings is 1. The SMILES string of the molecule is CNC(Cc1ccccc1OC)c1cccnc1. The second-order valence-corrected chi connectivity index (χ2v) is 4.14. The smallest absolute Gasteiger partial charge is 0.122 e. The van der Waals surface area contributed by atoms with Crippen LogP contribution in [0.5, 0.6) is 5.75 Å². The average Bonchev–Trinajstić information content (AvgIpc) is 2.46. The molecule has 0 amide bonds. The number of para-hydroxylation sites is 1. The molecule has 0 aliphatic heterocycles. The minimum absolute atomic E-state index is 0.245. The summed E-state index contributed by atoms with van der Waals surface area (Å²) in [6.07, 6.45) is 4.57. The first-order chi connectivity index (χ1) is 8.85. The Hall–Kier alpha value is -1.87. The Morgan fingerprint density at radius 1 is 1.22 bits per heavy atom. The van der Waals surface area contributed by atoms with Crippen molar-refractivity contribution in [1.29, 1.82) is 0 Å². The lowest BCUT2D eigenvalue weighted by molar-refractivity contribution is 0.406. The maximum atomic E-state index is 5.38. The van der Waals surface area contributed by atoms with Crippen molar-refractivity contribution >= 4 is 0 Å². The van der Waals surface area contributed by atoms with E-state index < -0.39 is 0 Å². The molecule has 0 saturated heterocycles. The van der Waals surface area contributed by atoms with Gasteiger partial charge in [0.15, 0.2) is 0 Å². The monoisotopic (exact) mass is 242 g/mol. The summed E-state index contributed by atoms with van der Waals surface area (Å²) >= 11 is 0. The number of methoxy groups -OCH3 is 1. The lowest BCUT2D eigenvalue weighted by atomic mass is 10.00. The number of nitrogens with one attached hydrogen (secondary N) is 1. The van der Waals surface area contributed by atoms with Crippen molar-refractivity contribution in [3.05, 3.63) is 59.9 Å². The van der Waals surface area contributed by atoms with Gasteiger partial charge >= 0.3 is 0 Å². The van der Waals surface area contributed by atoms with E-state index in [1.165, 1.54) is 11.1 Å². The number of pyridine rings is 1. The van der Waals surface area contributed by atoms with Gasteiger partial charge in [-0.2, -0.15) is 0 Å². The van der Waals surface area contributed by atoms with Crippen molar-refractivity contribution < 1.29 is 4.74 Å². The number of rotatable bonds is 5. The van der Waals surface area contributed by atoms with Crippen molar-refractivity contribution in [2.45, 2.75) is 12.5 Å². The highest BCUT2D eigenvalue weighted by Gasteiger charge is 2.12. The third-order valence-corrected chi connectivity index (χ3v) is 3.05. The van der Waals surface area contributed by atoms with E-state index in [4.69, 9.17) is 4.74 Å². The van der Waals surface area contributed by atoms with E-state index in [1.54, 1.807) is 13.3 Å². The van der Waals surface area contributed by atoms with E-state index in [1.807, 2.05) is 37.5 Å². The highest BCUT2D eigenvalue weighted by molar-refractivity contribution is 5.35. The maximum absolute atomic E-state index is 5.38. The lowest BCUT2D eigenvalue weighted by Crippen LogP contribution is -2.19. The maximum Gasteiger partial charge on any atom is 0.122 e. The fourth-order valence-corrected chi connectivity index (χ4v) is 2.06. The zero-order valence-corrected chi connectivity index (χ0v) is 10.8. The van der Waals surface area contributed by atoms with Crippen LogP contribution in [-0.2, 0) is 6.42 Å². The first kappa shape index (κ1) is 12.6. The molecule has 1 N–H and O–H groups in total. The van der Waals surface area contributed by atoms with Gasteiger partial charge in [0.1, 0.15) is 5.75 Å².